The summed E-state index contributed by atoms with van der Waals surface area (Å²) >= 11 is 2.17. The van der Waals surface area contributed by atoms with Gasteiger partial charge in [-0.3, -0.25) is 4.79 Å². The van der Waals surface area contributed by atoms with Crippen molar-refractivity contribution < 1.29 is 19.6 Å². The van der Waals surface area contributed by atoms with Crippen molar-refractivity contribution in [2.75, 3.05) is 13.7 Å². The molecule has 0 aromatic heterocycles. The Kier molecular flexibility index (Phi) is 6.36. The van der Waals surface area contributed by atoms with E-state index in [0.29, 0.717) is 17.5 Å². The third-order valence-electron chi connectivity index (χ3n) is 2.47. The van der Waals surface area contributed by atoms with Crippen LogP contribution in [0.15, 0.2) is 12.1 Å². The predicted octanol–water partition coefficient (Wildman–Crippen LogP) is 0.636. The van der Waals surface area contributed by atoms with Gasteiger partial charge in [-0.1, -0.05) is 0 Å². The highest BCUT2D eigenvalue weighted by atomic mass is 127. The monoisotopic (exact) mass is 379 g/mol. The molecule has 106 valence electrons. The van der Waals surface area contributed by atoms with E-state index >= 15 is 0 Å². The van der Waals surface area contributed by atoms with Gasteiger partial charge in [0, 0.05) is 5.56 Å². The normalized spacial score (nSPS) is 10.6. The molecule has 0 saturated carbocycles. The number of ether oxygens (including phenoxy) is 2. The molecule has 0 radical (unpaired) electrons. The molecule has 0 aliphatic rings. The van der Waals surface area contributed by atoms with E-state index in [4.69, 9.17) is 15.2 Å². The van der Waals surface area contributed by atoms with E-state index in [2.05, 4.69) is 41.8 Å². The molecular weight excluding hydrogens is 359 g/mol. The fourth-order valence-electron chi connectivity index (χ4n) is 1.55. The molecular formula is C13H20IN2O3+. The van der Waals surface area contributed by atoms with E-state index in [-0.39, 0.29) is 6.61 Å². The lowest BCUT2D eigenvalue weighted by Gasteiger charge is -2.13. The highest BCUT2D eigenvalue weighted by Crippen LogP contribution is 2.33. The molecule has 0 saturated heterocycles. The van der Waals surface area contributed by atoms with Crippen molar-refractivity contribution in [1.82, 2.24) is 0 Å². The van der Waals surface area contributed by atoms with Crippen LogP contribution in [0.2, 0.25) is 0 Å². The largest absolute Gasteiger partial charge is 0.493 e. The molecule has 0 spiro atoms. The molecule has 1 amide bonds. The van der Waals surface area contributed by atoms with Gasteiger partial charge in [-0.05, 0) is 48.6 Å². The number of amides is 1. The Morgan fingerprint density at radius 1 is 1.47 bits per heavy atom. The Hall–Kier alpha value is -1.02. The lowest BCUT2D eigenvalue weighted by Crippen LogP contribution is -2.86. The van der Waals surface area contributed by atoms with Crippen LogP contribution >= 0.6 is 22.6 Å². The van der Waals surface area contributed by atoms with Gasteiger partial charge in [-0.15, -0.1) is 0 Å². The lowest BCUT2D eigenvalue weighted by molar-refractivity contribution is -0.698. The van der Waals surface area contributed by atoms with Gasteiger partial charge >= 0.3 is 0 Å². The molecule has 1 aromatic carbocycles. The Bertz CT molecular complexity index is 450. The number of hydrogen-bond donors (Lipinski definition) is 2. The van der Waals surface area contributed by atoms with E-state index < -0.39 is 5.91 Å². The number of primary amides is 1. The minimum atomic E-state index is -0.505. The zero-order valence-electron chi connectivity index (χ0n) is 11.4. The number of nitrogens with two attached hydrogens (primary N) is 2. The molecule has 5 nitrogen and oxygen atoms in total. The maximum atomic E-state index is 10.8. The first kappa shape index (κ1) is 16.0. The summed E-state index contributed by atoms with van der Waals surface area (Å²) in [6.07, 6.45) is 0. The highest BCUT2D eigenvalue weighted by molar-refractivity contribution is 14.1. The van der Waals surface area contributed by atoms with Gasteiger partial charge in [-0.2, -0.15) is 0 Å². The molecule has 0 aliphatic heterocycles. The van der Waals surface area contributed by atoms with Crippen molar-refractivity contribution in [2.24, 2.45) is 5.73 Å². The molecule has 6 heteroatoms. The molecule has 0 fully saturated rings. The second kappa shape index (κ2) is 7.54. The van der Waals surface area contributed by atoms with Crippen molar-refractivity contribution in [3.8, 4) is 11.5 Å². The topological polar surface area (TPSA) is 78.2 Å². The summed E-state index contributed by atoms with van der Waals surface area (Å²) < 4.78 is 11.6. The molecule has 0 aliphatic carbocycles. The number of carbonyl (C=O) groups is 1. The number of halogens is 1. The lowest BCUT2D eigenvalue weighted by atomic mass is 10.2. The standard InChI is InChI=1S/C13H19IN2O3/c1-8(2)16-6-9-4-10(14)13(11(5-9)18-3)19-7-12(15)17/h4-5,8,16H,6-7H2,1-3H3,(H2,15,17)/p+1. The van der Waals surface area contributed by atoms with E-state index in [1.165, 1.54) is 0 Å². The Morgan fingerprint density at radius 3 is 2.68 bits per heavy atom. The van der Waals surface area contributed by atoms with Crippen LogP contribution in [0.5, 0.6) is 11.5 Å². The number of benzene rings is 1. The van der Waals surface area contributed by atoms with Gasteiger partial charge in [0.05, 0.1) is 16.7 Å². The fourth-order valence-corrected chi connectivity index (χ4v) is 2.37. The number of rotatable bonds is 7. The quantitative estimate of drug-likeness (QED) is 0.683. The first-order chi connectivity index (χ1) is 8.93. The summed E-state index contributed by atoms with van der Waals surface area (Å²) in [4.78, 5) is 10.8. The van der Waals surface area contributed by atoms with E-state index in [1.807, 2.05) is 12.1 Å². The number of methoxy groups -OCH3 is 1. The maximum absolute atomic E-state index is 10.8. The molecule has 0 atom stereocenters. The van der Waals surface area contributed by atoms with Crippen molar-refractivity contribution in [3.63, 3.8) is 0 Å². The first-order valence-corrected chi connectivity index (χ1v) is 7.12. The van der Waals surface area contributed by atoms with Gasteiger partial charge in [0.15, 0.2) is 18.1 Å². The van der Waals surface area contributed by atoms with E-state index in [9.17, 15) is 4.79 Å². The van der Waals surface area contributed by atoms with Crippen LogP contribution in [0.1, 0.15) is 19.4 Å². The fraction of sp³-hybridized carbons (Fsp3) is 0.462. The van der Waals surface area contributed by atoms with Gasteiger partial charge in [0.2, 0.25) is 0 Å². The van der Waals surface area contributed by atoms with Crippen LogP contribution in [-0.2, 0) is 11.3 Å². The molecule has 1 aromatic rings. The number of hydrogen-bond acceptors (Lipinski definition) is 3. The van der Waals surface area contributed by atoms with Crippen LogP contribution in [0.25, 0.3) is 0 Å². The van der Waals surface area contributed by atoms with Crippen LogP contribution in [0, 0.1) is 3.57 Å². The Balaban J connectivity index is 2.90. The third-order valence-corrected chi connectivity index (χ3v) is 3.27. The van der Waals surface area contributed by atoms with Crippen LogP contribution in [0.4, 0.5) is 0 Å². The minimum absolute atomic E-state index is 0.149. The van der Waals surface area contributed by atoms with Crippen molar-refractivity contribution in [3.05, 3.63) is 21.3 Å². The molecule has 0 bridgehead atoms. The summed E-state index contributed by atoms with van der Waals surface area (Å²) in [5.74, 6) is 0.686. The number of quaternary nitrogens is 1. The highest BCUT2D eigenvalue weighted by Gasteiger charge is 2.13. The van der Waals surface area contributed by atoms with Crippen molar-refractivity contribution >= 4 is 28.5 Å². The molecule has 1 rings (SSSR count). The Morgan fingerprint density at radius 2 is 2.16 bits per heavy atom. The van der Waals surface area contributed by atoms with Crippen molar-refractivity contribution in [1.29, 1.82) is 0 Å². The van der Waals surface area contributed by atoms with Crippen molar-refractivity contribution in [2.45, 2.75) is 26.4 Å². The zero-order chi connectivity index (χ0) is 14.4. The molecule has 19 heavy (non-hydrogen) atoms. The van der Waals surface area contributed by atoms with Gasteiger partial charge < -0.3 is 20.5 Å². The van der Waals surface area contributed by atoms with Gasteiger partial charge in [-0.25, -0.2) is 0 Å². The molecule has 4 N–H and O–H groups in total. The third kappa shape index (κ3) is 5.23. The molecule has 0 heterocycles. The molecule has 0 unspecified atom stereocenters. The first-order valence-electron chi connectivity index (χ1n) is 6.05. The van der Waals surface area contributed by atoms with Crippen LogP contribution in [0.3, 0.4) is 0 Å². The van der Waals surface area contributed by atoms with Gasteiger partial charge in [0.25, 0.3) is 5.91 Å². The second-order valence-corrected chi connectivity index (χ2v) is 5.71. The Labute approximate surface area is 127 Å². The minimum Gasteiger partial charge on any atom is -0.493 e. The van der Waals surface area contributed by atoms with E-state index in [1.54, 1.807) is 7.11 Å². The number of carbonyl (C=O) groups excluding carboxylic acids is 1. The average Bonchev–Trinajstić information content (AvgIpc) is 2.34. The summed E-state index contributed by atoms with van der Waals surface area (Å²) in [5, 5.41) is 2.23. The smallest absolute Gasteiger partial charge is 0.255 e. The summed E-state index contributed by atoms with van der Waals surface area (Å²) in [6.45, 7) is 5.02. The van der Waals surface area contributed by atoms with Gasteiger partial charge in [0.1, 0.15) is 6.54 Å². The average molecular weight is 379 g/mol. The predicted molar refractivity (Wildman–Crippen MR) is 81.2 cm³/mol. The zero-order valence-corrected chi connectivity index (χ0v) is 13.6. The summed E-state index contributed by atoms with van der Waals surface area (Å²) in [5.41, 5.74) is 6.23. The van der Waals surface area contributed by atoms with E-state index in [0.717, 1.165) is 15.7 Å². The van der Waals surface area contributed by atoms with Crippen LogP contribution in [-0.4, -0.2) is 25.7 Å². The second-order valence-electron chi connectivity index (χ2n) is 4.55. The maximum Gasteiger partial charge on any atom is 0.255 e. The summed E-state index contributed by atoms with van der Waals surface area (Å²) in [6, 6.07) is 4.49. The van der Waals surface area contributed by atoms with Crippen LogP contribution < -0.4 is 20.5 Å². The summed E-state index contributed by atoms with van der Waals surface area (Å²) in [7, 11) is 1.58. The SMILES string of the molecule is COc1cc(C[NH2+]C(C)C)cc(I)c1OCC(N)=O.